The maximum Gasteiger partial charge on any atom is 0.340 e. The van der Waals surface area contributed by atoms with E-state index in [1.165, 1.54) is 13.0 Å². The molecule has 140 valence electrons. The number of fused-ring (bicyclic) bond motifs is 1. The van der Waals surface area contributed by atoms with Crippen LogP contribution >= 0.6 is 11.6 Å². The van der Waals surface area contributed by atoms with Crippen molar-refractivity contribution in [3.63, 3.8) is 0 Å². The molecule has 3 rings (SSSR count). The summed E-state index contributed by atoms with van der Waals surface area (Å²) in [4.78, 5) is 29.2. The van der Waals surface area contributed by atoms with E-state index in [4.69, 9.17) is 21.6 Å². The van der Waals surface area contributed by atoms with Gasteiger partial charge in [0.05, 0.1) is 28.4 Å². The van der Waals surface area contributed by atoms with Crippen LogP contribution in [0.15, 0.2) is 48.5 Å². The SMILES string of the molecule is Cc1nc2ccc(Cl)cc2cc1C(=O)OC(C)C(=O)Nc1cccc(C#N)c1. The van der Waals surface area contributed by atoms with E-state index in [1.54, 1.807) is 49.4 Å². The molecule has 7 heteroatoms. The normalized spacial score (nSPS) is 11.5. The third-order valence-electron chi connectivity index (χ3n) is 4.10. The molecule has 0 spiro atoms. The lowest BCUT2D eigenvalue weighted by Gasteiger charge is -2.15. The zero-order chi connectivity index (χ0) is 20.3. The van der Waals surface area contributed by atoms with E-state index in [-0.39, 0.29) is 5.56 Å². The highest BCUT2D eigenvalue weighted by Crippen LogP contribution is 2.21. The van der Waals surface area contributed by atoms with Crippen LogP contribution in [0.4, 0.5) is 5.69 Å². The highest BCUT2D eigenvalue weighted by Gasteiger charge is 2.21. The summed E-state index contributed by atoms with van der Waals surface area (Å²) in [5, 5.41) is 12.8. The third kappa shape index (κ3) is 4.27. The second-order valence-corrected chi connectivity index (χ2v) is 6.62. The van der Waals surface area contributed by atoms with Gasteiger partial charge in [-0.2, -0.15) is 5.26 Å². The average molecular weight is 394 g/mol. The quantitative estimate of drug-likeness (QED) is 0.669. The van der Waals surface area contributed by atoms with Crippen LogP contribution in [0.5, 0.6) is 0 Å². The summed E-state index contributed by atoms with van der Waals surface area (Å²) >= 11 is 6.00. The summed E-state index contributed by atoms with van der Waals surface area (Å²) < 4.78 is 5.30. The number of rotatable bonds is 4. The molecule has 0 saturated heterocycles. The number of ether oxygens (including phenoxy) is 1. The molecule has 3 aromatic rings. The van der Waals surface area contributed by atoms with Gasteiger partial charge in [0.2, 0.25) is 0 Å². The van der Waals surface area contributed by atoms with Crippen LogP contribution in [0.1, 0.15) is 28.5 Å². The molecule has 28 heavy (non-hydrogen) atoms. The molecule has 0 radical (unpaired) electrons. The minimum atomic E-state index is -1.03. The topological polar surface area (TPSA) is 92.1 Å². The lowest BCUT2D eigenvalue weighted by Crippen LogP contribution is -2.30. The Bertz CT molecular complexity index is 1120. The van der Waals surface area contributed by atoms with Crippen LogP contribution in [0.25, 0.3) is 10.9 Å². The number of anilines is 1. The van der Waals surface area contributed by atoms with E-state index in [2.05, 4.69) is 10.3 Å². The molecule has 2 aromatic carbocycles. The van der Waals surface area contributed by atoms with E-state index >= 15 is 0 Å². The smallest absolute Gasteiger partial charge is 0.340 e. The summed E-state index contributed by atoms with van der Waals surface area (Å²) in [6.45, 7) is 3.17. The molecule has 1 aromatic heterocycles. The molecule has 0 aliphatic rings. The molecular formula is C21H16ClN3O3. The molecule has 1 heterocycles. The maximum atomic E-state index is 12.5. The number of esters is 1. The van der Waals surface area contributed by atoms with Crippen molar-refractivity contribution in [3.05, 3.63) is 70.4 Å². The number of carbonyl (C=O) groups is 2. The van der Waals surface area contributed by atoms with Gasteiger partial charge in [0.1, 0.15) is 0 Å². The predicted octanol–water partition coefficient (Wildman–Crippen LogP) is 4.25. The Morgan fingerprint density at radius 2 is 2.00 bits per heavy atom. The third-order valence-corrected chi connectivity index (χ3v) is 4.33. The molecule has 0 bridgehead atoms. The van der Waals surface area contributed by atoms with E-state index in [0.29, 0.717) is 32.9 Å². The zero-order valence-corrected chi connectivity index (χ0v) is 15.9. The first-order chi connectivity index (χ1) is 13.4. The van der Waals surface area contributed by atoms with Gasteiger partial charge in [-0.25, -0.2) is 4.79 Å². The number of benzene rings is 2. The zero-order valence-electron chi connectivity index (χ0n) is 15.2. The van der Waals surface area contributed by atoms with Crippen LogP contribution in [0, 0.1) is 18.3 Å². The first-order valence-corrected chi connectivity index (χ1v) is 8.84. The number of hydrogen-bond acceptors (Lipinski definition) is 5. The van der Waals surface area contributed by atoms with Crippen molar-refractivity contribution >= 4 is 40.1 Å². The van der Waals surface area contributed by atoms with Crippen LogP contribution in [0.2, 0.25) is 5.02 Å². The minimum Gasteiger partial charge on any atom is -0.449 e. The largest absolute Gasteiger partial charge is 0.449 e. The van der Waals surface area contributed by atoms with Crippen molar-refractivity contribution in [2.75, 3.05) is 5.32 Å². The lowest BCUT2D eigenvalue weighted by atomic mass is 10.1. The molecule has 1 unspecified atom stereocenters. The second-order valence-electron chi connectivity index (χ2n) is 6.19. The highest BCUT2D eigenvalue weighted by molar-refractivity contribution is 6.31. The fraction of sp³-hybridized carbons (Fsp3) is 0.143. The van der Waals surface area contributed by atoms with Crippen LogP contribution < -0.4 is 5.32 Å². The Morgan fingerprint density at radius 1 is 1.21 bits per heavy atom. The number of aromatic nitrogens is 1. The molecule has 0 saturated carbocycles. The second kappa shape index (κ2) is 8.07. The summed E-state index contributed by atoms with van der Waals surface area (Å²) in [5.74, 6) is -1.15. The van der Waals surface area contributed by atoms with Crippen molar-refractivity contribution in [1.29, 1.82) is 5.26 Å². The van der Waals surface area contributed by atoms with Crippen molar-refractivity contribution in [3.8, 4) is 6.07 Å². The number of aryl methyl sites for hydroxylation is 1. The van der Waals surface area contributed by atoms with E-state index < -0.39 is 18.0 Å². The molecule has 6 nitrogen and oxygen atoms in total. The number of halogens is 1. The lowest BCUT2D eigenvalue weighted by molar-refractivity contribution is -0.123. The van der Waals surface area contributed by atoms with Crippen molar-refractivity contribution in [1.82, 2.24) is 4.98 Å². The van der Waals surface area contributed by atoms with Gasteiger partial charge in [0, 0.05) is 16.1 Å². The number of nitrogens with zero attached hydrogens (tertiary/aromatic N) is 2. The highest BCUT2D eigenvalue weighted by atomic mass is 35.5. The predicted molar refractivity (Wildman–Crippen MR) is 106 cm³/mol. The monoisotopic (exact) mass is 393 g/mol. The van der Waals surface area contributed by atoms with E-state index in [0.717, 1.165) is 0 Å². The number of pyridine rings is 1. The molecular weight excluding hydrogens is 378 g/mol. The van der Waals surface area contributed by atoms with Crippen LogP contribution in [-0.2, 0) is 9.53 Å². The van der Waals surface area contributed by atoms with Gasteiger partial charge in [-0.1, -0.05) is 17.7 Å². The van der Waals surface area contributed by atoms with Gasteiger partial charge in [-0.3, -0.25) is 9.78 Å². The fourth-order valence-electron chi connectivity index (χ4n) is 2.64. The number of nitrogens with one attached hydrogen (secondary N) is 1. The van der Waals surface area contributed by atoms with Crippen molar-refractivity contribution in [2.45, 2.75) is 20.0 Å². The Balaban J connectivity index is 1.74. The molecule has 0 fully saturated rings. The summed E-state index contributed by atoms with van der Waals surface area (Å²) in [7, 11) is 0. The summed E-state index contributed by atoms with van der Waals surface area (Å²) in [5.41, 5.74) is 2.33. The Hall–Kier alpha value is -3.43. The van der Waals surface area contributed by atoms with Crippen molar-refractivity contribution < 1.29 is 14.3 Å². The van der Waals surface area contributed by atoms with Crippen molar-refractivity contribution in [2.24, 2.45) is 0 Å². The van der Waals surface area contributed by atoms with Gasteiger partial charge in [0.15, 0.2) is 6.10 Å². The molecule has 0 aliphatic heterocycles. The summed E-state index contributed by atoms with van der Waals surface area (Å²) in [6.07, 6.45) is -1.03. The fourth-order valence-corrected chi connectivity index (χ4v) is 2.82. The van der Waals surface area contributed by atoms with E-state index in [9.17, 15) is 9.59 Å². The van der Waals surface area contributed by atoms with Crippen LogP contribution in [-0.4, -0.2) is 23.0 Å². The molecule has 1 atom stereocenters. The molecule has 1 amide bonds. The number of carbonyl (C=O) groups excluding carboxylic acids is 2. The van der Waals surface area contributed by atoms with Gasteiger partial charge >= 0.3 is 5.97 Å². The van der Waals surface area contributed by atoms with Crippen LogP contribution in [0.3, 0.4) is 0 Å². The number of amides is 1. The van der Waals surface area contributed by atoms with Gasteiger partial charge < -0.3 is 10.1 Å². The first kappa shape index (κ1) is 19.3. The molecule has 1 N–H and O–H groups in total. The van der Waals surface area contributed by atoms with Gasteiger partial charge in [0.25, 0.3) is 5.91 Å². The molecule has 0 aliphatic carbocycles. The Morgan fingerprint density at radius 3 is 2.75 bits per heavy atom. The standard InChI is InChI=1S/C21H16ClN3O3/c1-12-18(10-15-9-16(22)6-7-19(15)24-12)21(27)28-13(2)20(26)25-17-5-3-4-14(8-17)11-23/h3-10,13H,1-2H3,(H,25,26). The average Bonchev–Trinajstić information content (AvgIpc) is 2.67. The Labute approximate surface area is 166 Å². The number of hydrogen-bond donors (Lipinski definition) is 1. The minimum absolute atomic E-state index is 0.265. The Kier molecular flexibility index (Phi) is 5.57. The van der Waals surface area contributed by atoms with Gasteiger partial charge in [-0.05, 0) is 56.3 Å². The first-order valence-electron chi connectivity index (χ1n) is 8.46. The van der Waals surface area contributed by atoms with Gasteiger partial charge in [-0.15, -0.1) is 0 Å². The van der Waals surface area contributed by atoms with E-state index in [1.807, 2.05) is 6.07 Å². The summed E-state index contributed by atoms with van der Waals surface area (Å²) in [6, 6.07) is 15.3. The number of nitriles is 1. The maximum absolute atomic E-state index is 12.5.